The molecular formula is C14H15N3O2. The Morgan fingerprint density at radius 3 is 2.63 bits per heavy atom. The van der Waals surface area contributed by atoms with Gasteiger partial charge in [0.25, 0.3) is 5.91 Å². The Morgan fingerprint density at radius 2 is 2.00 bits per heavy atom. The van der Waals surface area contributed by atoms with E-state index in [0.717, 1.165) is 22.6 Å². The van der Waals surface area contributed by atoms with E-state index in [9.17, 15) is 4.79 Å². The highest BCUT2D eigenvalue weighted by atomic mass is 16.5. The van der Waals surface area contributed by atoms with Gasteiger partial charge in [0, 0.05) is 18.3 Å². The van der Waals surface area contributed by atoms with Gasteiger partial charge in [-0.2, -0.15) is 5.10 Å². The molecule has 2 heterocycles. The van der Waals surface area contributed by atoms with Crippen LogP contribution in [0.4, 0.5) is 0 Å². The van der Waals surface area contributed by atoms with E-state index < -0.39 is 0 Å². The van der Waals surface area contributed by atoms with Crippen LogP contribution in [0.15, 0.2) is 24.3 Å². The number of aromatic nitrogens is 2. The van der Waals surface area contributed by atoms with Crippen molar-refractivity contribution in [2.75, 3.05) is 14.2 Å². The van der Waals surface area contributed by atoms with Crippen molar-refractivity contribution in [3.63, 3.8) is 0 Å². The van der Waals surface area contributed by atoms with Crippen molar-refractivity contribution in [1.82, 2.24) is 15.1 Å². The maximum absolute atomic E-state index is 12.1. The SMILES string of the molecule is COc1ccc(C2c3c(n[nH]c3C)C(=O)N2C)cc1. The summed E-state index contributed by atoms with van der Waals surface area (Å²) in [5.41, 5.74) is 3.49. The number of rotatable bonds is 2. The number of ether oxygens (including phenoxy) is 1. The Hall–Kier alpha value is -2.30. The maximum atomic E-state index is 12.1. The Kier molecular flexibility index (Phi) is 2.55. The van der Waals surface area contributed by atoms with Gasteiger partial charge in [-0.25, -0.2) is 0 Å². The number of carbonyl (C=O) groups excluding carboxylic acids is 1. The molecule has 0 aliphatic carbocycles. The van der Waals surface area contributed by atoms with Gasteiger partial charge in [-0.3, -0.25) is 9.89 Å². The molecule has 1 aromatic carbocycles. The number of carbonyl (C=O) groups is 1. The third-order valence-corrected chi connectivity index (χ3v) is 3.61. The van der Waals surface area contributed by atoms with Gasteiger partial charge in [-0.05, 0) is 24.6 Å². The molecule has 1 amide bonds. The average Bonchev–Trinajstić information content (AvgIpc) is 2.92. The van der Waals surface area contributed by atoms with Gasteiger partial charge in [-0.15, -0.1) is 0 Å². The number of nitrogens with zero attached hydrogens (tertiary/aromatic N) is 2. The number of aromatic amines is 1. The summed E-state index contributed by atoms with van der Waals surface area (Å²) in [7, 11) is 3.44. The molecule has 1 aliphatic heterocycles. The van der Waals surface area contributed by atoms with Gasteiger partial charge < -0.3 is 9.64 Å². The highest BCUT2D eigenvalue weighted by Crippen LogP contribution is 2.38. The number of fused-ring (bicyclic) bond motifs is 1. The first-order valence-electron chi connectivity index (χ1n) is 6.09. The molecular weight excluding hydrogens is 242 g/mol. The van der Waals surface area contributed by atoms with Crippen LogP contribution in [0.1, 0.15) is 33.4 Å². The van der Waals surface area contributed by atoms with Crippen molar-refractivity contribution in [2.45, 2.75) is 13.0 Å². The van der Waals surface area contributed by atoms with E-state index in [1.54, 1.807) is 19.1 Å². The van der Waals surface area contributed by atoms with Gasteiger partial charge in [0.05, 0.1) is 13.2 Å². The summed E-state index contributed by atoms with van der Waals surface area (Å²) >= 11 is 0. The third kappa shape index (κ3) is 1.62. The van der Waals surface area contributed by atoms with Crippen molar-refractivity contribution in [1.29, 1.82) is 0 Å². The first-order chi connectivity index (χ1) is 9.13. The Labute approximate surface area is 111 Å². The second kappa shape index (κ2) is 4.12. The van der Waals surface area contributed by atoms with E-state index >= 15 is 0 Å². The highest BCUT2D eigenvalue weighted by molar-refractivity contribution is 5.98. The molecule has 1 unspecified atom stereocenters. The number of aryl methyl sites for hydroxylation is 1. The quantitative estimate of drug-likeness (QED) is 0.894. The molecule has 1 aliphatic rings. The smallest absolute Gasteiger partial charge is 0.275 e. The summed E-state index contributed by atoms with van der Waals surface area (Å²) in [6, 6.07) is 7.69. The van der Waals surface area contributed by atoms with E-state index in [1.807, 2.05) is 31.2 Å². The molecule has 1 atom stereocenters. The number of benzene rings is 1. The molecule has 0 spiro atoms. The molecule has 2 aromatic rings. The summed E-state index contributed by atoms with van der Waals surface area (Å²) in [5, 5.41) is 6.99. The molecule has 0 radical (unpaired) electrons. The summed E-state index contributed by atoms with van der Waals surface area (Å²) in [5.74, 6) is 0.764. The van der Waals surface area contributed by atoms with Crippen LogP contribution in [0, 0.1) is 6.92 Å². The molecule has 5 nitrogen and oxygen atoms in total. The zero-order chi connectivity index (χ0) is 13.6. The van der Waals surface area contributed by atoms with Crippen LogP contribution < -0.4 is 4.74 Å². The molecule has 0 fully saturated rings. The first-order valence-corrected chi connectivity index (χ1v) is 6.09. The van der Waals surface area contributed by atoms with Crippen molar-refractivity contribution >= 4 is 5.91 Å². The summed E-state index contributed by atoms with van der Waals surface area (Å²) in [6.07, 6.45) is 0. The monoisotopic (exact) mass is 257 g/mol. The lowest BCUT2D eigenvalue weighted by molar-refractivity contribution is 0.0787. The Morgan fingerprint density at radius 1 is 1.32 bits per heavy atom. The van der Waals surface area contributed by atoms with Crippen molar-refractivity contribution < 1.29 is 9.53 Å². The molecule has 0 saturated heterocycles. The van der Waals surface area contributed by atoms with Crippen molar-refractivity contribution in [3.8, 4) is 5.75 Å². The minimum atomic E-state index is -0.0767. The summed E-state index contributed by atoms with van der Waals surface area (Å²) in [6.45, 7) is 1.94. The minimum Gasteiger partial charge on any atom is -0.497 e. The Balaban J connectivity index is 2.08. The molecule has 19 heavy (non-hydrogen) atoms. The zero-order valence-corrected chi connectivity index (χ0v) is 11.1. The first kappa shape index (κ1) is 11.8. The van der Waals surface area contributed by atoms with Gasteiger partial charge in [-0.1, -0.05) is 12.1 Å². The molecule has 1 N–H and O–H groups in total. The molecule has 1 aromatic heterocycles. The number of H-pyrrole nitrogens is 1. The number of nitrogens with one attached hydrogen (secondary N) is 1. The Bertz CT molecular complexity index is 631. The van der Waals surface area contributed by atoms with Crippen LogP contribution in [0.5, 0.6) is 5.75 Å². The second-order valence-corrected chi connectivity index (χ2v) is 4.70. The van der Waals surface area contributed by atoms with E-state index in [4.69, 9.17) is 4.74 Å². The number of hydrogen-bond donors (Lipinski definition) is 1. The van der Waals surface area contributed by atoms with Crippen LogP contribution in [0.3, 0.4) is 0 Å². The molecule has 0 saturated carbocycles. The standard InChI is InChI=1S/C14H15N3O2/c1-8-11-12(16-15-8)14(18)17(2)13(11)9-4-6-10(19-3)7-5-9/h4-7,13H,1-3H3,(H,15,16). The lowest BCUT2D eigenvalue weighted by Crippen LogP contribution is -2.24. The van der Waals surface area contributed by atoms with Crippen LogP contribution >= 0.6 is 0 Å². The van der Waals surface area contributed by atoms with Crippen LogP contribution in [-0.2, 0) is 0 Å². The molecule has 98 valence electrons. The van der Waals surface area contributed by atoms with E-state index in [0.29, 0.717) is 5.69 Å². The largest absolute Gasteiger partial charge is 0.497 e. The topological polar surface area (TPSA) is 58.2 Å². The van der Waals surface area contributed by atoms with Gasteiger partial charge >= 0.3 is 0 Å². The maximum Gasteiger partial charge on any atom is 0.275 e. The third-order valence-electron chi connectivity index (χ3n) is 3.61. The van der Waals surface area contributed by atoms with E-state index in [1.165, 1.54) is 0 Å². The van der Waals surface area contributed by atoms with Crippen LogP contribution in [0.2, 0.25) is 0 Å². The fourth-order valence-corrected chi connectivity index (χ4v) is 2.59. The normalized spacial score (nSPS) is 17.7. The lowest BCUT2D eigenvalue weighted by atomic mass is 9.99. The van der Waals surface area contributed by atoms with Gasteiger partial charge in [0.15, 0.2) is 5.69 Å². The van der Waals surface area contributed by atoms with Gasteiger partial charge in [0.2, 0.25) is 0 Å². The number of hydrogen-bond acceptors (Lipinski definition) is 3. The number of methoxy groups -OCH3 is 1. The highest BCUT2D eigenvalue weighted by Gasteiger charge is 2.39. The fourth-order valence-electron chi connectivity index (χ4n) is 2.59. The lowest BCUT2D eigenvalue weighted by Gasteiger charge is -2.21. The van der Waals surface area contributed by atoms with Gasteiger partial charge in [0.1, 0.15) is 5.75 Å². The van der Waals surface area contributed by atoms with Crippen molar-refractivity contribution in [2.24, 2.45) is 0 Å². The fraction of sp³-hybridized carbons (Fsp3) is 0.286. The predicted molar refractivity (Wildman–Crippen MR) is 70.3 cm³/mol. The summed E-state index contributed by atoms with van der Waals surface area (Å²) < 4.78 is 5.16. The molecule has 0 bridgehead atoms. The van der Waals surface area contributed by atoms with Crippen molar-refractivity contribution in [3.05, 3.63) is 46.8 Å². The average molecular weight is 257 g/mol. The summed E-state index contributed by atoms with van der Waals surface area (Å²) in [4.78, 5) is 13.9. The predicted octanol–water partition coefficient (Wildman–Crippen LogP) is 1.90. The second-order valence-electron chi connectivity index (χ2n) is 4.70. The molecule has 3 rings (SSSR count). The van der Waals surface area contributed by atoms with E-state index in [2.05, 4.69) is 10.2 Å². The van der Waals surface area contributed by atoms with Crippen LogP contribution in [0.25, 0.3) is 0 Å². The number of amides is 1. The minimum absolute atomic E-state index is 0.0415. The van der Waals surface area contributed by atoms with E-state index in [-0.39, 0.29) is 11.9 Å². The zero-order valence-electron chi connectivity index (χ0n) is 11.1. The molecule has 5 heteroatoms. The van der Waals surface area contributed by atoms with Crippen LogP contribution in [-0.4, -0.2) is 35.2 Å².